The van der Waals surface area contributed by atoms with Crippen LogP contribution < -0.4 is 4.74 Å². The highest BCUT2D eigenvalue weighted by Crippen LogP contribution is 2.36. The second kappa shape index (κ2) is 7.79. The fourth-order valence-electron chi connectivity index (χ4n) is 2.93. The van der Waals surface area contributed by atoms with Crippen molar-refractivity contribution in [3.63, 3.8) is 0 Å². The van der Waals surface area contributed by atoms with Gasteiger partial charge >= 0.3 is 12.1 Å². The number of carbonyl (C=O) groups excluding carboxylic acids is 1. The molecule has 0 radical (unpaired) electrons. The van der Waals surface area contributed by atoms with Crippen molar-refractivity contribution in [1.82, 2.24) is 14.5 Å². The Morgan fingerprint density at radius 3 is 2.73 bits per heavy atom. The van der Waals surface area contributed by atoms with Gasteiger partial charge in [0.2, 0.25) is 0 Å². The summed E-state index contributed by atoms with van der Waals surface area (Å²) >= 11 is 1.08. The first-order valence-corrected chi connectivity index (χ1v) is 9.48. The average Bonchev–Trinajstić information content (AvgIpc) is 3.35. The number of imidazole rings is 1. The molecule has 0 spiro atoms. The molecule has 3 heterocycles. The van der Waals surface area contributed by atoms with Crippen molar-refractivity contribution in [1.29, 1.82) is 0 Å². The van der Waals surface area contributed by atoms with E-state index in [1.807, 2.05) is 6.07 Å². The van der Waals surface area contributed by atoms with E-state index in [1.165, 1.54) is 25.3 Å². The second-order valence-corrected chi connectivity index (χ2v) is 7.20. The standard InChI is InChI=1S/C20H14F3N3O3S/c1-28-19(27)17-15(29-10-12-5-2-3-6-13(12)20(21,22)23)9-16(30-17)26-11-25-18-14(26)7-4-8-24-18/h2-9,11H,10H2,1H3. The summed E-state index contributed by atoms with van der Waals surface area (Å²) in [5, 5.41) is 0.588. The Kier molecular flexibility index (Phi) is 5.17. The Hall–Kier alpha value is -3.40. The fourth-order valence-corrected chi connectivity index (χ4v) is 3.93. The molecule has 0 aliphatic rings. The molecule has 0 saturated heterocycles. The van der Waals surface area contributed by atoms with Gasteiger partial charge in [-0.05, 0) is 18.2 Å². The van der Waals surface area contributed by atoms with E-state index in [-0.39, 0.29) is 22.8 Å². The summed E-state index contributed by atoms with van der Waals surface area (Å²) in [5.41, 5.74) is 0.411. The predicted octanol–water partition coefficient (Wildman–Crippen LogP) is 4.87. The number of thiophene rings is 1. The van der Waals surface area contributed by atoms with Crippen molar-refractivity contribution in [2.45, 2.75) is 12.8 Å². The molecule has 10 heteroatoms. The molecule has 3 aromatic heterocycles. The van der Waals surface area contributed by atoms with Crippen LogP contribution in [0, 0.1) is 0 Å². The second-order valence-electron chi connectivity index (χ2n) is 6.17. The van der Waals surface area contributed by atoms with Gasteiger partial charge in [-0.2, -0.15) is 13.2 Å². The molecule has 0 bridgehead atoms. The molecule has 0 aliphatic heterocycles. The maximum absolute atomic E-state index is 13.2. The van der Waals surface area contributed by atoms with Crippen LogP contribution >= 0.6 is 11.3 Å². The van der Waals surface area contributed by atoms with E-state index in [2.05, 4.69) is 9.97 Å². The van der Waals surface area contributed by atoms with Gasteiger partial charge in [0.25, 0.3) is 0 Å². The lowest BCUT2D eigenvalue weighted by atomic mass is 10.1. The summed E-state index contributed by atoms with van der Waals surface area (Å²) < 4.78 is 51.8. The van der Waals surface area contributed by atoms with Gasteiger partial charge in [0, 0.05) is 17.8 Å². The number of pyridine rings is 1. The number of alkyl halides is 3. The molecule has 0 N–H and O–H groups in total. The molecular weight excluding hydrogens is 419 g/mol. The van der Waals surface area contributed by atoms with Crippen molar-refractivity contribution in [3.05, 3.63) is 71.0 Å². The van der Waals surface area contributed by atoms with Crippen LogP contribution in [0.5, 0.6) is 5.75 Å². The molecule has 0 atom stereocenters. The number of nitrogens with zero attached hydrogens (tertiary/aromatic N) is 3. The molecule has 1 aromatic carbocycles. The number of aromatic nitrogens is 3. The van der Waals surface area contributed by atoms with Crippen LogP contribution in [0.3, 0.4) is 0 Å². The third-order valence-corrected chi connectivity index (χ3v) is 5.42. The number of ether oxygens (including phenoxy) is 2. The predicted molar refractivity (Wildman–Crippen MR) is 104 cm³/mol. The quantitative estimate of drug-likeness (QED) is 0.420. The van der Waals surface area contributed by atoms with Crippen LogP contribution in [-0.2, 0) is 17.5 Å². The normalized spacial score (nSPS) is 11.6. The number of benzene rings is 1. The molecule has 6 nitrogen and oxygen atoms in total. The largest absolute Gasteiger partial charge is 0.487 e. The van der Waals surface area contributed by atoms with Crippen LogP contribution in [-0.4, -0.2) is 27.6 Å². The lowest BCUT2D eigenvalue weighted by molar-refractivity contribution is -0.138. The highest BCUT2D eigenvalue weighted by Gasteiger charge is 2.33. The van der Waals surface area contributed by atoms with Crippen molar-refractivity contribution in [2.24, 2.45) is 0 Å². The van der Waals surface area contributed by atoms with Crippen LogP contribution in [0.4, 0.5) is 13.2 Å². The highest BCUT2D eigenvalue weighted by molar-refractivity contribution is 7.16. The number of hydrogen-bond donors (Lipinski definition) is 0. The maximum Gasteiger partial charge on any atom is 0.416 e. The average molecular weight is 433 g/mol. The Bertz CT molecular complexity index is 1220. The zero-order valence-electron chi connectivity index (χ0n) is 15.5. The number of rotatable bonds is 5. The van der Waals surface area contributed by atoms with Crippen molar-refractivity contribution in [3.8, 4) is 10.8 Å². The molecule has 0 amide bonds. The minimum atomic E-state index is -4.51. The topological polar surface area (TPSA) is 66.2 Å². The van der Waals surface area contributed by atoms with Gasteiger partial charge < -0.3 is 9.47 Å². The Morgan fingerprint density at radius 2 is 1.97 bits per heavy atom. The lowest BCUT2D eigenvalue weighted by Gasteiger charge is -2.13. The highest BCUT2D eigenvalue weighted by atomic mass is 32.1. The van der Waals surface area contributed by atoms with Crippen molar-refractivity contribution in [2.75, 3.05) is 7.11 Å². The molecule has 0 unspecified atom stereocenters. The molecular formula is C20H14F3N3O3S. The van der Waals surface area contributed by atoms with Gasteiger partial charge in [0.15, 0.2) is 10.5 Å². The summed E-state index contributed by atoms with van der Waals surface area (Å²) in [4.78, 5) is 20.7. The van der Waals surface area contributed by atoms with E-state index in [1.54, 1.807) is 29.2 Å². The summed E-state index contributed by atoms with van der Waals surface area (Å²) in [6.45, 7) is -0.359. The number of fused-ring (bicyclic) bond motifs is 1. The summed E-state index contributed by atoms with van der Waals surface area (Å²) in [5.74, 6) is -0.516. The molecule has 0 fully saturated rings. The fraction of sp³-hybridized carbons (Fsp3) is 0.150. The first-order chi connectivity index (χ1) is 14.4. The minimum absolute atomic E-state index is 0.0363. The SMILES string of the molecule is COC(=O)c1sc(-n2cnc3ncccc32)cc1OCc1ccccc1C(F)(F)F. The van der Waals surface area contributed by atoms with Gasteiger partial charge in [-0.1, -0.05) is 18.2 Å². The molecule has 30 heavy (non-hydrogen) atoms. The van der Waals surface area contributed by atoms with Gasteiger partial charge in [-0.3, -0.25) is 4.57 Å². The van der Waals surface area contributed by atoms with Gasteiger partial charge in [-0.15, -0.1) is 11.3 Å². The van der Waals surface area contributed by atoms with Crippen molar-refractivity contribution < 1.29 is 27.4 Å². The summed E-state index contributed by atoms with van der Waals surface area (Å²) in [6, 6.07) is 10.3. The molecule has 4 aromatic rings. The van der Waals surface area contributed by atoms with Gasteiger partial charge in [-0.25, -0.2) is 14.8 Å². The first-order valence-electron chi connectivity index (χ1n) is 8.67. The number of carbonyl (C=O) groups is 1. The van der Waals surface area contributed by atoms with Crippen molar-refractivity contribution >= 4 is 28.5 Å². The summed E-state index contributed by atoms with van der Waals surface area (Å²) in [7, 11) is 1.22. The van der Waals surface area contributed by atoms with Gasteiger partial charge in [0.1, 0.15) is 23.7 Å². The Balaban J connectivity index is 1.70. The maximum atomic E-state index is 13.2. The van der Waals surface area contributed by atoms with Crippen LogP contribution in [0.15, 0.2) is 55.0 Å². The zero-order chi connectivity index (χ0) is 21.3. The van der Waals surface area contributed by atoms with E-state index in [0.717, 1.165) is 17.4 Å². The molecule has 4 rings (SSSR count). The third kappa shape index (κ3) is 3.73. The smallest absolute Gasteiger partial charge is 0.416 e. The van der Waals surface area contributed by atoms with Gasteiger partial charge in [0.05, 0.1) is 18.2 Å². The monoisotopic (exact) mass is 433 g/mol. The minimum Gasteiger partial charge on any atom is -0.487 e. The summed E-state index contributed by atoms with van der Waals surface area (Å²) in [6.07, 6.45) is -1.35. The number of esters is 1. The third-order valence-electron chi connectivity index (χ3n) is 4.32. The Labute approximate surface area is 172 Å². The Morgan fingerprint density at radius 1 is 1.17 bits per heavy atom. The van der Waals surface area contributed by atoms with E-state index in [4.69, 9.17) is 9.47 Å². The lowest BCUT2D eigenvalue weighted by Crippen LogP contribution is -2.11. The molecule has 0 aliphatic carbocycles. The van der Waals surface area contributed by atoms with E-state index in [9.17, 15) is 18.0 Å². The van der Waals surface area contributed by atoms with E-state index in [0.29, 0.717) is 16.2 Å². The van der Waals surface area contributed by atoms with Crippen LogP contribution in [0.2, 0.25) is 0 Å². The zero-order valence-corrected chi connectivity index (χ0v) is 16.3. The van der Waals surface area contributed by atoms with E-state index >= 15 is 0 Å². The van der Waals surface area contributed by atoms with E-state index < -0.39 is 17.7 Å². The number of hydrogen-bond acceptors (Lipinski definition) is 6. The molecule has 154 valence electrons. The van der Waals surface area contributed by atoms with Crippen LogP contribution in [0.25, 0.3) is 16.2 Å². The number of halogens is 3. The molecule has 0 saturated carbocycles. The number of methoxy groups -OCH3 is 1. The van der Waals surface area contributed by atoms with Crippen LogP contribution in [0.1, 0.15) is 20.8 Å². The first kappa shape index (κ1) is 19.9.